The van der Waals surface area contributed by atoms with Gasteiger partial charge in [-0.3, -0.25) is 4.57 Å². The van der Waals surface area contributed by atoms with Crippen LogP contribution in [0.3, 0.4) is 0 Å². The van der Waals surface area contributed by atoms with E-state index in [1.54, 1.807) is 4.57 Å². The van der Waals surface area contributed by atoms with E-state index in [9.17, 15) is 8.78 Å². The van der Waals surface area contributed by atoms with Gasteiger partial charge in [0.2, 0.25) is 0 Å². The third-order valence-corrected chi connectivity index (χ3v) is 3.85. The normalized spacial score (nSPS) is 11.2. The highest BCUT2D eigenvalue weighted by Crippen LogP contribution is 2.25. The van der Waals surface area contributed by atoms with Crippen molar-refractivity contribution < 1.29 is 8.78 Å². The van der Waals surface area contributed by atoms with Gasteiger partial charge in [-0.25, -0.2) is 13.8 Å². The fourth-order valence-electron chi connectivity index (χ4n) is 2.27. The predicted octanol–water partition coefficient (Wildman–Crippen LogP) is 4.85. The smallest absolute Gasteiger partial charge is 0.160 e. The Morgan fingerprint density at radius 3 is 2.62 bits per heavy atom. The summed E-state index contributed by atoms with van der Waals surface area (Å²) in [7, 11) is 0. The quantitative estimate of drug-likeness (QED) is 0.602. The minimum atomic E-state index is -0.886. The summed E-state index contributed by atoms with van der Waals surface area (Å²) in [5.74, 6) is -0.647. The Bertz CT molecular complexity index is 817. The van der Waals surface area contributed by atoms with Gasteiger partial charge in [0.05, 0.1) is 16.7 Å². The van der Waals surface area contributed by atoms with E-state index in [2.05, 4.69) is 20.9 Å². The second-order valence-corrected chi connectivity index (χ2v) is 5.83. The summed E-state index contributed by atoms with van der Waals surface area (Å²) in [6, 6.07) is 9.44. The molecular formula is C15H10BrClF2N2. The minimum Gasteiger partial charge on any atom is -0.296 e. The van der Waals surface area contributed by atoms with E-state index in [0.717, 1.165) is 27.6 Å². The van der Waals surface area contributed by atoms with Crippen LogP contribution in [0.1, 0.15) is 5.82 Å². The van der Waals surface area contributed by atoms with Crippen molar-refractivity contribution in [3.8, 4) is 5.69 Å². The molecular weight excluding hydrogens is 362 g/mol. The molecule has 0 radical (unpaired) electrons. The first-order valence-corrected chi connectivity index (χ1v) is 7.61. The van der Waals surface area contributed by atoms with Crippen molar-refractivity contribution in [1.82, 2.24) is 9.55 Å². The Kier molecular flexibility index (Phi) is 3.95. The van der Waals surface area contributed by atoms with Crippen LogP contribution in [0.15, 0.2) is 40.9 Å². The van der Waals surface area contributed by atoms with Gasteiger partial charge in [0.15, 0.2) is 11.6 Å². The van der Waals surface area contributed by atoms with Crippen LogP contribution in [0.2, 0.25) is 0 Å². The molecule has 21 heavy (non-hydrogen) atoms. The molecule has 0 aliphatic carbocycles. The summed E-state index contributed by atoms with van der Waals surface area (Å²) in [5, 5.41) is 0. The first-order valence-electron chi connectivity index (χ1n) is 6.28. The van der Waals surface area contributed by atoms with E-state index in [4.69, 9.17) is 11.6 Å². The van der Waals surface area contributed by atoms with E-state index in [1.807, 2.05) is 18.2 Å². The first kappa shape index (κ1) is 14.5. The number of fused-ring (bicyclic) bond motifs is 1. The second kappa shape index (κ2) is 5.73. The van der Waals surface area contributed by atoms with Gasteiger partial charge in [0, 0.05) is 22.8 Å². The van der Waals surface area contributed by atoms with Crippen LogP contribution in [0.5, 0.6) is 0 Å². The second-order valence-electron chi connectivity index (χ2n) is 4.53. The first-order chi connectivity index (χ1) is 10.1. The number of nitrogens with zero attached hydrogens (tertiary/aromatic N) is 2. The van der Waals surface area contributed by atoms with Crippen LogP contribution in [-0.2, 0) is 6.42 Å². The molecule has 1 aromatic heterocycles. The third-order valence-electron chi connectivity index (χ3n) is 3.17. The molecule has 1 heterocycles. The van der Waals surface area contributed by atoms with Gasteiger partial charge in [0.25, 0.3) is 0 Å². The fourth-order valence-corrected chi connectivity index (χ4v) is 2.79. The Morgan fingerprint density at radius 2 is 1.90 bits per heavy atom. The molecule has 0 aliphatic heterocycles. The number of halogens is 4. The molecule has 6 heteroatoms. The lowest BCUT2D eigenvalue weighted by atomic mass is 10.2. The number of imidazole rings is 1. The van der Waals surface area contributed by atoms with Gasteiger partial charge >= 0.3 is 0 Å². The number of aromatic nitrogens is 2. The highest BCUT2D eigenvalue weighted by Gasteiger charge is 2.14. The predicted molar refractivity (Wildman–Crippen MR) is 83.1 cm³/mol. The molecule has 3 aromatic rings. The Hall–Kier alpha value is -1.46. The molecule has 0 bridgehead atoms. The van der Waals surface area contributed by atoms with Gasteiger partial charge in [0.1, 0.15) is 5.82 Å². The van der Waals surface area contributed by atoms with Crippen molar-refractivity contribution >= 4 is 38.6 Å². The fraction of sp³-hybridized carbons (Fsp3) is 0.133. The maximum Gasteiger partial charge on any atom is 0.160 e. The molecule has 0 saturated carbocycles. The van der Waals surface area contributed by atoms with Gasteiger partial charge in [-0.2, -0.15) is 0 Å². The van der Waals surface area contributed by atoms with Crippen molar-refractivity contribution in [2.24, 2.45) is 0 Å². The molecule has 0 spiro atoms. The van der Waals surface area contributed by atoms with Crippen LogP contribution in [0.25, 0.3) is 16.7 Å². The number of aryl methyl sites for hydroxylation is 1. The molecule has 2 nitrogen and oxygen atoms in total. The van der Waals surface area contributed by atoms with Gasteiger partial charge in [-0.05, 0) is 30.3 Å². The molecule has 0 unspecified atom stereocenters. The molecule has 0 saturated heterocycles. The Morgan fingerprint density at radius 1 is 1.10 bits per heavy atom. The van der Waals surface area contributed by atoms with Crippen LogP contribution in [0.4, 0.5) is 8.78 Å². The van der Waals surface area contributed by atoms with E-state index in [-0.39, 0.29) is 0 Å². The molecule has 0 aliphatic rings. The van der Waals surface area contributed by atoms with E-state index < -0.39 is 11.6 Å². The summed E-state index contributed by atoms with van der Waals surface area (Å²) >= 11 is 9.21. The maximum atomic E-state index is 13.5. The molecule has 2 aromatic carbocycles. The summed E-state index contributed by atoms with van der Waals surface area (Å²) in [6.07, 6.45) is 0.535. The molecule has 0 atom stereocenters. The topological polar surface area (TPSA) is 17.8 Å². The van der Waals surface area contributed by atoms with Crippen LogP contribution in [-0.4, -0.2) is 15.4 Å². The van der Waals surface area contributed by atoms with Crippen LogP contribution >= 0.6 is 27.5 Å². The monoisotopic (exact) mass is 370 g/mol. The zero-order chi connectivity index (χ0) is 15.0. The standard InChI is InChI=1S/C15H10BrClF2N2/c16-9-1-4-14-13(7-9)20-15(5-6-17)21(14)10-2-3-11(18)12(19)8-10/h1-4,7-8H,5-6H2. The van der Waals surface area contributed by atoms with Crippen molar-refractivity contribution in [2.45, 2.75) is 6.42 Å². The van der Waals surface area contributed by atoms with E-state index >= 15 is 0 Å². The average molecular weight is 372 g/mol. The van der Waals surface area contributed by atoms with Crippen molar-refractivity contribution in [3.05, 3.63) is 58.3 Å². The molecule has 0 amide bonds. The minimum absolute atomic E-state index is 0.397. The lowest BCUT2D eigenvalue weighted by Gasteiger charge is -2.09. The highest BCUT2D eigenvalue weighted by atomic mass is 79.9. The largest absolute Gasteiger partial charge is 0.296 e. The average Bonchev–Trinajstić information content (AvgIpc) is 2.79. The molecule has 0 fully saturated rings. The van der Waals surface area contributed by atoms with Crippen molar-refractivity contribution in [3.63, 3.8) is 0 Å². The molecule has 0 N–H and O–H groups in total. The zero-order valence-electron chi connectivity index (χ0n) is 10.8. The van der Waals surface area contributed by atoms with Gasteiger partial charge in [-0.15, -0.1) is 11.6 Å². The Balaban J connectivity index is 2.27. The number of benzene rings is 2. The SMILES string of the molecule is Fc1ccc(-n2c(CCCl)nc3cc(Br)ccc32)cc1F. The summed E-state index contributed by atoms with van der Waals surface area (Å²) < 4.78 is 29.3. The lowest BCUT2D eigenvalue weighted by molar-refractivity contribution is 0.508. The Labute approximate surface area is 133 Å². The van der Waals surface area contributed by atoms with E-state index in [0.29, 0.717) is 23.8 Å². The van der Waals surface area contributed by atoms with Crippen molar-refractivity contribution in [1.29, 1.82) is 0 Å². The van der Waals surface area contributed by atoms with Crippen molar-refractivity contribution in [2.75, 3.05) is 5.88 Å². The summed E-state index contributed by atoms with van der Waals surface area (Å²) in [5.41, 5.74) is 2.12. The number of rotatable bonds is 3. The maximum absolute atomic E-state index is 13.5. The number of alkyl halides is 1. The zero-order valence-corrected chi connectivity index (χ0v) is 13.1. The number of hydrogen-bond acceptors (Lipinski definition) is 1. The van der Waals surface area contributed by atoms with Gasteiger partial charge < -0.3 is 0 Å². The third kappa shape index (κ3) is 2.68. The van der Waals surface area contributed by atoms with Crippen LogP contribution < -0.4 is 0 Å². The summed E-state index contributed by atoms with van der Waals surface area (Å²) in [6.45, 7) is 0. The highest BCUT2D eigenvalue weighted by molar-refractivity contribution is 9.10. The number of hydrogen-bond donors (Lipinski definition) is 0. The van der Waals surface area contributed by atoms with Crippen LogP contribution in [0, 0.1) is 11.6 Å². The lowest BCUT2D eigenvalue weighted by Crippen LogP contribution is -2.03. The van der Waals surface area contributed by atoms with E-state index in [1.165, 1.54) is 6.07 Å². The molecule has 3 rings (SSSR count). The summed E-state index contributed by atoms with van der Waals surface area (Å²) in [4.78, 5) is 4.52. The molecule has 108 valence electrons. The van der Waals surface area contributed by atoms with Gasteiger partial charge in [-0.1, -0.05) is 15.9 Å².